The van der Waals surface area contributed by atoms with Crippen LogP contribution >= 0.6 is 0 Å². The van der Waals surface area contributed by atoms with E-state index in [1.54, 1.807) is 5.57 Å². The Balaban J connectivity index is 1.40. The first-order chi connectivity index (χ1) is 13.3. The second-order valence-corrected chi connectivity index (χ2v) is 7.76. The summed E-state index contributed by atoms with van der Waals surface area (Å²) in [6, 6.07) is 17.7. The Bertz CT molecular complexity index is 925. The maximum atomic E-state index is 3.52. The molecule has 0 atom stereocenters. The summed E-state index contributed by atoms with van der Waals surface area (Å²) in [5, 5.41) is 3.52. The molecule has 5 rings (SSSR count). The van der Waals surface area contributed by atoms with Crippen LogP contribution < -0.4 is 15.1 Å². The van der Waals surface area contributed by atoms with E-state index in [2.05, 4.69) is 76.9 Å². The van der Waals surface area contributed by atoms with Crippen LogP contribution in [0.4, 0.5) is 11.4 Å². The van der Waals surface area contributed by atoms with Crippen molar-refractivity contribution in [3.05, 3.63) is 82.7 Å². The van der Waals surface area contributed by atoms with E-state index in [-0.39, 0.29) is 0 Å². The van der Waals surface area contributed by atoms with Gasteiger partial charge in [0, 0.05) is 50.0 Å². The molecule has 0 spiro atoms. The molecule has 138 valence electrons. The van der Waals surface area contributed by atoms with Gasteiger partial charge >= 0.3 is 0 Å². The SMILES string of the molecule is CNC1=C(CN2CCc3ccccc32)CC/C1=C\N1CCc2ccccc21. The second kappa shape index (κ2) is 6.80. The lowest BCUT2D eigenvalue weighted by Gasteiger charge is -2.21. The van der Waals surface area contributed by atoms with Crippen LogP contribution in [-0.2, 0) is 12.8 Å². The average Bonchev–Trinajstić information content (AvgIpc) is 3.41. The normalized spacial score (nSPS) is 19.8. The molecule has 1 N–H and O–H groups in total. The van der Waals surface area contributed by atoms with E-state index < -0.39 is 0 Å². The van der Waals surface area contributed by atoms with Crippen molar-refractivity contribution in [3.8, 4) is 0 Å². The number of benzene rings is 2. The molecule has 0 unspecified atom stereocenters. The second-order valence-electron chi connectivity index (χ2n) is 7.76. The molecule has 0 fully saturated rings. The van der Waals surface area contributed by atoms with Gasteiger partial charge in [0.1, 0.15) is 0 Å². The van der Waals surface area contributed by atoms with E-state index >= 15 is 0 Å². The van der Waals surface area contributed by atoms with E-state index in [9.17, 15) is 0 Å². The number of anilines is 2. The zero-order chi connectivity index (χ0) is 18.2. The van der Waals surface area contributed by atoms with E-state index in [0.29, 0.717) is 0 Å². The van der Waals surface area contributed by atoms with Crippen LogP contribution in [0.15, 0.2) is 71.6 Å². The molecule has 0 bridgehead atoms. The fourth-order valence-corrected chi connectivity index (χ4v) is 4.87. The Morgan fingerprint density at radius 3 is 2.37 bits per heavy atom. The third-order valence-corrected chi connectivity index (χ3v) is 6.22. The largest absolute Gasteiger partial charge is 0.388 e. The molecule has 0 aromatic heterocycles. The Kier molecular flexibility index (Phi) is 4.16. The van der Waals surface area contributed by atoms with Crippen LogP contribution in [0.1, 0.15) is 24.0 Å². The highest BCUT2D eigenvalue weighted by atomic mass is 15.2. The first-order valence-electron chi connectivity index (χ1n) is 10.1. The fourth-order valence-electron chi connectivity index (χ4n) is 4.87. The average molecular weight is 358 g/mol. The van der Waals surface area contributed by atoms with Crippen LogP contribution in [0.2, 0.25) is 0 Å². The molecule has 1 aliphatic carbocycles. The number of nitrogens with zero attached hydrogens (tertiary/aromatic N) is 2. The Hall–Kier alpha value is -2.68. The predicted molar refractivity (Wildman–Crippen MR) is 113 cm³/mol. The number of hydrogen-bond donors (Lipinski definition) is 1. The summed E-state index contributed by atoms with van der Waals surface area (Å²) < 4.78 is 0. The molecule has 0 saturated heterocycles. The number of fused-ring (bicyclic) bond motifs is 2. The van der Waals surface area contributed by atoms with E-state index in [1.807, 2.05) is 0 Å². The molecule has 0 radical (unpaired) electrons. The maximum absolute atomic E-state index is 3.52. The molecule has 3 nitrogen and oxygen atoms in total. The quantitative estimate of drug-likeness (QED) is 0.882. The molecule has 0 saturated carbocycles. The van der Waals surface area contributed by atoms with Crippen molar-refractivity contribution in [2.45, 2.75) is 25.7 Å². The Morgan fingerprint density at radius 1 is 0.852 bits per heavy atom. The van der Waals surface area contributed by atoms with Gasteiger partial charge in [-0.15, -0.1) is 0 Å². The van der Waals surface area contributed by atoms with E-state index in [1.165, 1.54) is 40.2 Å². The highest BCUT2D eigenvalue weighted by molar-refractivity contribution is 5.62. The van der Waals surface area contributed by atoms with Gasteiger partial charge in [0.15, 0.2) is 0 Å². The van der Waals surface area contributed by atoms with Crippen LogP contribution in [0.25, 0.3) is 0 Å². The third-order valence-electron chi connectivity index (χ3n) is 6.22. The lowest BCUT2D eigenvalue weighted by molar-refractivity contribution is 0.842. The minimum atomic E-state index is 1.04. The molecule has 0 amide bonds. The van der Waals surface area contributed by atoms with Crippen LogP contribution in [0.5, 0.6) is 0 Å². The number of allylic oxidation sites excluding steroid dienone is 1. The standard InChI is InChI=1S/C24H27N3/c1-25-24-20(16-26-14-12-18-6-2-4-8-22(18)26)10-11-21(24)17-27-15-13-19-7-3-5-9-23(19)27/h2-9,16,25H,10-15,17H2,1H3/b20-16+. The molecule has 2 aromatic carbocycles. The summed E-state index contributed by atoms with van der Waals surface area (Å²) in [5.41, 5.74) is 10.1. The van der Waals surface area contributed by atoms with Gasteiger partial charge in [-0.05, 0) is 60.1 Å². The predicted octanol–water partition coefficient (Wildman–Crippen LogP) is 4.26. The maximum Gasteiger partial charge on any atom is 0.0439 e. The highest BCUT2D eigenvalue weighted by Crippen LogP contribution is 2.36. The van der Waals surface area contributed by atoms with Crippen molar-refractivity contribution < 1.29 is 0 Å². The third kappa shape index (κ3) is 2.91. The van der Waals surface area contributed by atoms with E-state index in [0.717, 1.165) is 38.9 Å². The van der Waals surface area contributed by atoms with Crippen molar-refractivity contribution in [3.63, 3.8) is 0 Å². The topological polar surface area (TPSA) is 18.5 Å². The zero-order valence-electron chi connectivity index (χ0n) is 16.0. The Morgan fingerprint density at radius 2 is 1.56 bits per heavy atom. The zero-order valence-corrected chi connectivity index (χ0v) is 16.0. The fraction of sp³-hybridized carbons (Fsp3) is 0.333. The number of para-hydroxylation sites is 2. The Labute approximate surface area is 162 Å². The summed E-state index contributed by atoms with van der Waals surface area (Å²) in [4.78, 5) is 4.99. The summed E-state index contributed by atoms with van der Waals surface area (Å²) >= 11 is 0. The molecule has 2 heterocycles. The van der Waals surface area contributed by atoms with E-state index in [4.69, 9.17) is 0 Å². The van der Waals surface area contributed by atoms with Gasteiger partial charge in [0.05, 0.1) is 0 Å². The number of hydrogen-bond acceptors (Lipinski definition) is 3. The van der Waals surface area contributed by atoms with Crippen molar-refractivity contribution in [2.75, 3.05) is 36.5 Å². The summed E-state index contributed by atoms with van der Waals surface area (Å²) in [7, 11) is 2.07. The molecule has 2 aliphatic heterocycles. The highest BCUT2D eigenvalue weighted by Gasteiger charge is 2.26. The number of likely N-dealkylation sites (N-methyl/N-ethyl adjacent to an activating group) is 1. The lowest BCUT2D eigenvalue weighted by atomic mass is 10.1. The van der Waals surface area contributed by atoms with Gasteiger partial charge in [-0.1, -0.05) is 36.4 Å². The van der Waals surface area contributed by atoms with Crippen LogP contribution in [-0.4, -0.2) is 26.7 Å². The molecule has 3 heteroatoms. The van der Waals surface area contributed by atoms with Gasteiger partial charge in [-0.25, -0.2) is 0 Å². The van der Waals surface area contributed by atoms with Crippen molar-refractivity contribution in [2.24, 2.45) is 0 Å². The van der Waals surface area contributed by atoms with Crippen molar-refractivity contribution in [1.82, 2.24) is 5.32 Å². The van der Waals surface area contributed by atoms with Gasteiger partial charge in [-0.3, -0.25) is 0 Å². The lowest BCUT2D eigenvalue weighted by Crippen LogP contribution is -2.24. The van der Waals surface area contributed by atoms with Gasteiger partial charge < -0.3 is 15.1 Å². The first kappa shape index (κ1) is 16.5. The summed E-state index contributed by atoms with van der Waals surface area (Å²) in [5.74, 6) is 0. The summed E-state index contributed by atoms with van der Waals surface area (Å²) in [6.45, 7) is 3.27. The minimum Gasteiger partial charge on any atom is -0.388 e. The molecular formula is C24H27N3. The van der Waals surface area contributed by atoms with Gasteiger partial charge in [0.2, 0.25) is 0 Å². The molecule has 27 heavy (non-hydrogen) atoms. The smallest absolute Gasteiger partial charge is 0.0439 e. The molecule has 3 aliphatic rings. The van der Waals surface area contributed by atoms with Crippen LogP contribution in [0.3, 0.4) is 0 Å². The minimum absolute atomic E-state index is 1.04. The first-order valence-corrected chi connectivity index (χ1v) is 10.1. The van der Waals surface area contributed by atoms with Gasteiger partial charge in [0.25, 0.3) is 0 Å². The monoisotopic (exact) mass is 357 g/mol. The number of rotatable bonds is 4. The van der Waals surface area contributed by atoms with Crippen molar-refractivity contribution in [1.29, 1.82) is 0 Å². The molecular weight excluding hydrogens is 330 g/mol. The van der Waals surface area contributed by atoms with Crippen LogP contribution in [0, 0.1) is 0 Å². The van der Waals surface area contributed by atoms with Crippen molar-refractivity contribution >= 4 is 11.4 Å². The summed E-state index contributed by atoms with van der Waals surface area (Å²) in [6.07, 6.45) is 7.01. The molecule has 2 aromatic rings. The number of nitrogens with one attached hydrogen (secondary N) is 1. The van der Waals surface area contributed by atoms with Gasteiger partial charge in [-0.2, -0.15) is 0 Å².